The molecule has 10 heteroatoms. The van der Waals surface area contributed by atoms with Gasteiger partial charge in [0.25, 0.3) is 11.8 Å². The summed E-state index contributed by atoms with van der Waals surface area (Å²) in [5.74, 6) is -1.48. The molecular weight excluding hydrogens is 497 g/mol. The van der Waals surface area contributed by atoms with Crippen molar-refractivity contribution in [1.29, 1.82) is 0 Å². The van der Waals surface area contributed by atoms with Gasteiger partial charge in [-0.2, -0.15) is 0 Å². The Morgan fingerprint density at radius 1 is 1.08 bits per heavy atom. The molecule has 1 aliphatic heterocycles. The average molecular weight is 524 g/mol. The van der Waals surface area contributed by atoms with E-state index in [2.05, 4.69) is 15.6 Å². The standard InChI is InChI=1S/C27H27ClFN5O3/c1-27(26(37)31-14-18-4-8-20(29)9-5-18)15-33-16-32-22(23(33)25(36)34(27)21-10-11-21)24(35)30-13-12-17-2-6-19(28)7-3-17/h2-9,16,21H,10-15H2,1H3,(H,30,35)(H,31,37)/t27-/m0/s1. The number of nitrogens with zero attached hydrogens (tertiary/aromatic N) is 3. The summed E-state index contributed by atoms with van der Waals surface area (Å²) in [6.07, 6.45) is 3.64. The highest BCUT2D eigenvalue weighted by Gasteiger charge is 2.53. The second-order valence-corrected chi connectivity index (χ2v) is 10.1. The molecular formula is C27H27ClFN5O3. The Hall–Kier alpha value is -3.72. The Morgan fingerprint density at radius 2 is 1.76 bits per heavy atom. The molecule has 0 spiro atoms. The van der Waals surface area contributed by atoms with Crippen LogP contribution in [-0.2, 0) is 24.3 Å². The number of aromatic nitrogens is 2. The SMILES string of the molecule is C[C@@]1(C(=O)NCc2ccc(F)cc2)Cn2cnc(C(=O)NCCc3ccc(Cl)cc3)c2C(=O)N1C1CC1. The van der Waals surface area contributed by atoms with Crippen LogP contribution in [0.2, 0.25) is 5.02 Å². The van der Waals surface area contributed by atoms with Gasteiger partial charge in [-0.15, -0.1) is 0 Å². The van der Waals surface area contributed by atoms with Crippen molar-refractivity contribution >= 4 is 29.3 Å². The summed E-state index contributed by atoms with van der Waals surface area (Å²) in [6.45, 7) is 2.49. The molecule has 2 heterocycles. The largest absolute Gasteiger partial charge is 0.350 e. The summed E-state index contributed by atoms with van der Waals surface area (Å²) in [7, 11) is 0. The van der Waals surface area contributed by atoms with E-state index in [1.165, 1.54) is 18.5 Å². The number of nitrogens with one attached hydrogen (secondary N) is 2. The lowest BCUT2D eigenvalue weighted by Gasteiger charge is -2.44. The molecule has 0 unspecified atom stereocenters. The molecule has 1 fully saturated rings. The van der Waals surface area contributed by atoms with E-state index in [1.807, 2.05) is 12.1 Å². The minimum Gasteiger partial charge on any atom is -0.350 e. The van der Waals surface area contributed by atoms with Gasteiger partial charge in [0.05, 0.1) is 12.9 Å². The van der Waals surface area contributed by atoms with Crippen molar-refractivity contribution in [2.24, 2.45) is 0 Å². The lowest BCUT2D eigenvalue weighted by molar-refractivity contribution is -0.133. The molecule has 2 N–H and O–H groups in total. The number of hydrogen-bond donors (Lipinski definition) is 2. The number of carbonyl (C=O) groups excluding carboxylic acids is 3. The van der Waals surface area contributed by atoms with E-state index in [1.54, 1.807) is 40.7 Å². The van der Waals surface area contributed by atoms with Crippen LogP contribution in [0.3, 0.4) is 0 Å². The van der Waals surface area contributed by atoms with E-state index in [4.69, 9.17) is 11.6 Å². The molecule has 8 nitrogen and oxygen atoms in total. The fourth-order valence-corrected chi connectivity index (χ4v) is 4.88. The maximum Gasteiger partial charge on any atom is 0.274 e. The van der Waals surface area contributed by atoms with Crippen LogP contribution in [0, 0.1) is 5.82 Å². The molecule has 1 aliphatic carbocycles. The van der Waals surface area contributed by atoms with Crippen molar-refractivity contribution in [3.8, 4) is 0 Å². The maximum atomic E-state index is 13.7. The summed E-state index contributed by atoms with van der Waals surface area (Å²) in [4.78, 5) is 45.9. The summed E-state index contributed by atoms with van der Waals surface area (Å²) in [5, 5.41) is 6.38. The normalized spacial score (nSPS) is 18.9. The fraction of sp³-hybridized carbons (Fsp3) is 0.333. The highest BCUT2D eigenvalue weighted by atomic mass is 35.5. The third-order valence-corrected chi connectivity index (χ3v) is 7.12. The molecule has 1 saturated carbocycles. The van der Waals surface area contributed by atoms with Gasteiger partial charge in [-0.05, 0) is 61.6 Å². The first-order valence-corrected chi connectivity index (χ1v) is 12.6. The Kier molecular flexibility index (Phi) is 6.72. The number of hydrogen-bond acceptors (Lipinski definition) is 4. The van der Waals surface area contributed by atoms with Gasteiger partial charge in [0.2, 0.25) is 5.91 Å². The number of carbonyl (C=O) groups is 3. The zero-order chi connectivity index (χ0) is 26.2. The number of imidazole rings is 1. The van der Waals surface area contributed by atoms with Crippen LogP contribution in [0.15, 0.2) is 54.9 Å². The molecule has 1 aromatic heterocycles. The van der Waals surface area contributed by atoms with Gasteiger partial charge in [0.15, 0.2) is 5.69 Å². The van der Waals surface area contributed by atoms with E-state index in [0.29, 0.717) is 18.0 Å². The minimum atomic E-state index is -1.16. The van der Waals surface area contributed by atoms with Gasteiger partial charge in [-0.1, -0.05) is 35.9 Å². The Bertz CT molecular complexity index is 1340. The van der Waals surface area contributed by atoms with Gasteiger partial charge in [0.1, 0.15) is 17.1 Å². The lowest BCUT2D eigenvalue weighted by atomic mass is 9.93. The van der Waals surface area contributed by atoms with Gasteiger partial charge in [0, 0.05) is 24.2 Å². The molecule has 0 bridgehead atoms. The van der Waals surface area contributed by atoms with Gasteiger partial charge >= 0.3 is 0 Å². The average Bonchev–Trinajstić information content (AvgIpc) is 3.62. The molecule has 1 atom stereocenters. The second-order valence-electron chi connectivity index (χ2n) is 9.69. The van der Waals surface area contributed by atoms with Gasteiger partial charge in [-0.25, -0.2) is 9.37 Å². The second kappa shape index (κ2) is 9.97. The summed E-state index contributed by atoms with van der Waals surface area (Å²) >= 11 is 5.92. The van der Waals surface area contributed by atoms with Crippen molar-refractivity contribution in [3.63, 3.8) is 0 Å². The molecule has 0 saturated heterocycles. The highest BCUT2D eigenvalue weighted by molar-refractivity contribution is 6.30. The van der Waals surface area contributed by atoms with Crippen molar-refractivity contribution < 1.29 is 18.8 Å². The number of amides is 3. The summed E-state index contributed by atoms with van der Waals surface area (Å²) in [6, 6.07) is 13.2. The van der Waals surface area contributed by atoms with E-state index in [0.717, 1.165) is 24.0 Å². The Balaban J connectivity index is 1.31. The van der Waals surface area contributed by atoms with Gasteiger partial charge in [-0.3, -0.25) is 14.4 Å². The zero-order valence-corrected chi connectivity index (χ0v) is 21.1. The molecule has 3 amide bonds. The van der Waals surface area contributed by atoms with Crippen molar-refractivity contribution in [2.45, 2.75) is 50.9 Å². The Morgan fingerprint density at radius 3 is 2.43 bits per heavy atom. The zero-order valence-electron chi connectivity index (χ0n) is 20.3. The fourth-order valence-electron chi connectivity index (χ4n) is 4.75. The molecule has 37 heavy (non-hydrogen) atoms. The lowest BCUT2D eigenvalue weighted by Crippen LogP contribution is -2.64. The number of rotatable bonds is 8. The maximum absolute atomic E-state index is 13.7. The van der Waals surface area contributed by atoms with E-state index >= 15 is 0 Å². The van der Waals surface area contributed by atoms with Crippen LogP contribution in [0.4, 0.5) is 4.39 Å². The first kappa shape index (κ1) is 25.0. The quantitative estimate of drug-likeness (QED) is 0.473. The monoisotopic (exact) mass is 523 g/mol. The van der Waals surface area contributed by atoms with Crippen molar-refractivity contribution in [2.75, 3.05) is 6.54 Å². The van der Waals surface area contributed by atoms with E-state index in [9.17, 15) is 18.8 Å². The molecule has 0 radical (unpaired) electrons. The van der Waals surface area contributed by atoms with Crippen LogP contribution in [-0.4, -0.2) is 50.3 Å². The van der Waals surface area contributed by atoms with Crippen LogP contribution in [0.1, 0.15) is 51.9 Å². The first-order valence-electron chi connectivity index (χ1n) is 12.2. The number of fused-ring (bicyclic) bond motifs is 1. The van der Waals surface area contributed by atoms with Crippen molar-refractivity contribution in [3.05, 3.63) is 88.2 Å². The Labute approximate surface area is 218 Å². The number of benzene rings is 2. The topological polar surface area (TPSA) is 96.3 Å². The van der Waals surface area contributed by atoms with Crippen LogP contribution < -0.4 is 10.6 Å². The van der Waals surface area contributed by atoms with E-state index in [-0.39, 0.29) is 48.2 Å². The molecule has 2 aliphatic rings. The van der Waals surface area contributed by atoms with Gasteiger partial charge < -0.3 is 20.1 Å². The molecule has 5 rings (SSSR count). The van der Waals surface area contributed by atoms with Crippen LogP contribution in [0.25, 0.3) is 0 Å². The van der Waals surface area contributed by atoms with Crippen LogP contribution >= 0.6 is 11.6 Å². The highest BCUT2D eigenvalue weighted by Crippen LogP contribution is 2.38. The van der Waals surface area contributed by atoms with Crippen LogP contribution in [0.5, 0.6) is 0 Å². The smallest absolute Gasteiger partial charge is 0.274 e. The first-order chi connectivity index (χ1) is 17.8. The minimum absolute atomic E-state index is 0.0560. The van der Waals surface area contributed by atoms with Crippen molar-refractivity contribution in [1.82, 2.24) is 25.1 Å². The van der Waals surface area contributed by atoms with E-state index < -0.39 is 11.4 Å². The third kappa shape index (κ3) is 5.09. The predicted octanol–water partition coefficient (Wildman–Crippen LogP) is 3.34. The predicted molar refractivity (Wildman–Crippen MR) is 136 cm³/mol. The summed E-state index contributed by atoms with van der Waals surface area (Å²) in [5.41, 5.74) is 0.864. The molecule has 3 aromatic rings. The molecule has 2 aromatic carbocycles. The summed E-state index contributed by atoms with van der Waals surface area (Å²) < 4.78 is 14.8. The third-order valence-electron chi connectivity index (χ3n) is 6.86. The number of halogens is 2. The molecule has 192 valence electrons.